The lowest BCUT2D eigenvalue weighted by molar-refractivity contribution is 0.393. The van der Waals surface area contributed by atoms with Crippen LogP contribution in [0.1, 0.15) is 11.5 Å². The number of fused-ring (bicyclic) bond motifs is 1. The zero-order valence-corrected chi connectivity index (χ0v) is 14.9. The van der Waals surface area contributed by atoms with E-state index in [1.165, 1.54) is 23.1 Å². The number of nitrogens with zero attached hydrogens (tertiary/aromatic N) is 3. The normalized spacial score (nSPS) is 11.2. The van der Waals surface area contributed by atoms with E-state index in [4.69, 9.17) is 10.4 Å². The van der Waals surface area contributed by atoms with Gasteiger partial charge in [0.25, 0.3) is 5.56 Å². The highest BCUT2D eigenvalue weighted by Gasteiger charge is 2.16. The van der Waals surface area contributed by atoms with Gasteiger partial charge in [-0.2, -0.15) is 0 Å². The number of nitrogens with two attached hydrogens (primary N) is 1. The zero-order chi connectivity index (χ0) is 17.4. The molecule has 0 aliphatic rings. The molecule has 0 unspecified atom stereocenters. The van der Waals surface area contributed by atoms with Crippen LogP contribution >= 0.6 is 23.1 Å². The van der Waals surface area contributed by atoms with Crippen LogP contribution in [0.4, 0.5) is 0 Å². The standard InChI is InChI=1S/C17H14N4O2S2/c1-10-7-12(20-23-10)8-25-17-19-15-14(16(22)21(17)18)13(9-24-15)11-5-3-2-4-6-11/h2-7,9H,8,18H2,1H3. The third-order valence-electron chi connectivity index (χ3n) is 3.72. The van der Waals surface area contributed by atoms with Crippen molar-refractivity contribution in [2.75, 3.05) is 5.84 Å². The molecule has 2 N–H and O–H groups in total. The van der Waals surface area contributed by atoms with Crippen LogP contribution < -0.4 is 11.4 Å². The van der Waals surface area contributed by atoms with Crippen LogP contribution in [-0.2, 0) is 5.75 Å². The van der Waals surface area contributed by atoms with E-state index in [-0.39, 0.29) is 5.56 Å². The lowest BCUT2D eigenvalue weighted by Gasteiger charge is -2.06. The maximum absolute atomic E-state index is 12.8. The van der Waals surface area contributed by atoms with Crippen LogP contribution in [-0.4, -0.2) is 14.8 Å². The van der Waals surface area contributed by atoms with E-state index in [2.05, 4.69) is 10.1 Å². The summed E-state index contributed by atoms with van der Waals surface area (Å²) in [7, 11) is 0. The summed E-state index contributed by atoms with van der Waals surface area (Å²) >= 11 is 2.80. The predicted molar refractivity (Wildman–Crippen MR) is 100 cm³/mol. The summed E-state index contributed by atoms with van der Waals surface area (Å²) in [4.78, 5) is 18.0. The number of nitrogen functional groups attached to an aromatic ring is 1. The van der Waals surface area contributed by atoms with E-state index in [0.29, 0.717) is 21.1 Å². The number of hydrogen-bond donors (Lipinski definition) is 1. The molecule has 4 rings (SSSR count). The van der Waals surface area contributed by atoms with Gasteiger partial charge in [-0.1, -0.05) is 47.3 Å². The number of hydrogen-bond acceptors (Lipinski definition) is 7. The second-order valence-electron chi connectivity index (χ2n) is 5.48. The van der Waals surface area contributed by atoms with E-state index < -0.39 is 0 Å². The lowest BCUT2D eigenvalue weighted by Crippen LogP contribution is -2.29. The van der Waals surface area contributed by atoms with Crippen LogP contribution in [0.2, 0.25) is 0 Å². The molecule has 0 atom stereocenters. The number of thioether (sulfide) groups is 1. The highest BCUT2D eigenvalue weighted by Crippen LogP contribution is 2.32. The number of rotatable bonds is 4. The highest BCUT2D eigenvalue weighted by atomic mass is 32.2. The molecule has 0 spiro atoms. The Bertz CT molecular complexity index is 1100. The van der Waals surface area contributed by atoms with Crippen molar-refractivity contribution in [3.05, 3.63) is 63.6 Å². The number of aryl methyl sites for hydroxylation is 1. The Hall–Kier alpha value is -2.58. The molecule has 3 heterocycles. The Morgan fingerprint density at radius 3 is 2.84 bits per heavy atom. The summed E-state index contributed by atoms with van der Waals surface area (Å²) in [5.41, 5.74) is 2.38. The third-order valence-corrected chi connectivity index (χ3v) is 5.58. The first-order valence-corrected chi connectivity index (χ1v) is 9.40. The molecule has 6 nitrogen and oxygen atoms in total. The van der Waals surface area contributed by atoms with Crippen molar-refractivity contribution in [2.45, 2.75) is 17.8 Å². The van der Waals surface area contributed by atoms with Crippen LogP contribution in [0, 0.1) is 6.92 Å². The summed E-state index contributed by atoms with van der Waals surface area (Å²) < 4.78 is 6.16. The van der Waals surface area contributed by atoms with E-state index in [1.807, 2.05) is 48.7 Å². The maximum Gasteiger partial charge on any atom is 0.282 e. The third kappa shape index (κ3) is 2.94. The van der Waals surface area contributed by atoms with Crippen molar-refractivity contribution in [3.63, 3.8) is 0 Å². The van der Waals surface area contributed by atoms with Gasteiger partial charge in [-0.15, -0.1) is 11.3 Å². The first-order valence-electron chi connectivity index (χ1n) is 7.53. The molecule has 4 aromatic rings. The summed E-state index contributed by atoms with van der Waals surface area (Å²) in [5, 5.41) is 6.90. The molecule has 0 aliphatic carbocycles. The second-order valence-corrected chi connectivity index (χ2v) is 7.28. The Morgan fingerprint density at radius 2 is 2.12 bits per heavy atom. The minimum absolute atomic E-state index is 0.246. The van der Waals surface area contributed by atoms with Crippen molar-refractivity contribution >= 4 is 33.3 Å². The average Bonchev–Trinajstić information content (AvgIpc) is 3.24. The van der Waals surface area contributed by atoms with Gasteiger partial charge in [0.1, 0.15) is 10.6 Å². The summed E-state index contributed by atoms with van der Waals surface area (Å²) in [5.74, 6) is 7.28. The molecule has 0 bridgehead atoms. The molecular weight excluding hydrogens is 356 g/mol. The van der Waals surface area contributed by atoms with Crippen molar-refractivity contribution < 1.29 is 4.52 Å². The predicted octanol–water partition coefficient (Wildman–Crippen LogP) is 3.43. The second kappa shape index (κ2) is 6.38. The molecule has 0 amide bonds. The van der Waals surface area contributed by atoms with E-state index >= 15 is 0 Å². The van der Waals surface area contributed by atoms with Crippen LogP contribution in [0.3, 0.4) is 0 Å². The maximum atomic E-state index is 12.8. The average molecular weight is 370 g/mol. The largest absolute Gasteiger partial charge is 0.361 e. The molecular formula is C17H14N4O2S2. The number of benzene rings is 1. The van der Waals surface area contributed by atoms with Gasteiger partial charge in [-0.3, -0.25) is 4.79 Å². The van der Waals surface area contributed by atoms with Crippen LogP contribution in [0.5, 0.6) is 0 Å². The van der Waals surface area contributed by atoms with Gasteiger partial charge in [-0.25, -0.2) is 9.66 Å². The van der Waals surface area contributed by atoms with Crippen molar-refractivity contribution in [1.29, 1.82) is 0 Å². The van der Waals surface area contributed by atoms with Gasteiger partial charge in [0.15, 0.2) is 5.16 Å². The van der Waals surface area contributed by atoms with E-state index in [1.54, 1.807) is 0 Å². The summed E-state index contributed by atoms with van der Waals surface area (Å²) in [6.07, 6.45) is 0. The first-order chi connectivity index (χ1) is 12.1. The Kier molecular flexibility index (Phi) is 4.06. The number of thiophene rings is 1. The van der Waals surface area contributed by atoms with Gasteiger partial charge in [0.05, 0.1) is 11.1 Å². The first kappa shape index (κ1) is 15.9. The Balaban J connectivity index is 1.74. The van der Waals surface area contributed by atoms with E-state index in [0.717, 1.165) is 27.3 Å². The lowest BCUT2D eigenvalue weighted by atomic mass is 10.1. The van der Waals surface area contributed by atoms with E-state index in [9.17, 15) is 4.79 Å². The molecule has 126 valence electrons. The highest BCUT2D eigenvalue weighted by molar-refractivity contribution is 7.98. The smallest absolute Gasteiger partial charge is 0.282 e. The van der Waals surface area contributed by atoms with Crippen molar-refractivity contribution in [1.82, 2.24) is 14.8 Å². The van der Waals surface area contributed by atoms with Crippen LogP contribution in [0.15, 0.2) is 56.3 Å². The minimum atomic E-state index is -0.246. The topological polar surface area (TPSA) is 86.9 Å². The number of aromatic nitrogens is 3. The van der Waals surface area contributed by atoms with Gasteiger partial charge in [0.2, 0.25) is 0 Å². The summed E-state index contributed by atoms with van der Waals surface area (Å²) in [6, 6.07) is 11.6. The fourth-order valence-electron chi connectivity index (χ4n) is 2.54. The molecule has 0 radical (unpaired) electrons. The fourth-order valence-corrected chi connectivity index (χ4v) is 4.33. The van der Waals surface area contributed by atoms with Crippen molar-refractivity contribution in [2.24, 2.45) is 0 Å². The molecule has 25 heavy (non-hydrogen) atoms. The quantitative estimate of drug-likeness (QED) is 0.336. The Morgan fingerprint density at radius 1 is 1.32 bits per heavy atom. The monoisotopic (exact) mass is 370 g/mol. The summed E-state index contributed by atoms with van der Waals surface area (Å²) in [6.45, 7) is 1.83. The molecule has 0 saturated carbocycles. The molecule has 1 aromatic carbocycles. The van der Waals surface area contributed by atoms with Gasteiger partial charge >= 0.3 is 0 Å². The fraction of sp³-hybridized carbons (Fsp3) is 0.118. The molecule has 0 aliphatic heterocycles. The Labute approximate surface area is 151 Å². The van der Waals surface area contributed by atoms with Crippen LogP contribution in [0.25, 0.3) is 21.3 Å². The van der Waals surface area contributed by atoms with Gasteiger partial charge < -0.3 is 10.4 Å². The van der Waals surface area contributed by atoms with Gasteiger partial charge in [0, 0.05) is 22.8 Å². The molecule has 8 heteroatoms. The molecule has 0 fully saturated rings. The molecule has 3 aromatic heterocycles. The SMILES string of the molecule is Cc1cc(CSc2nc3scc(-c4ccccc4)c3c(=O)n2N)no1. The molecule has 0 saturated heterocycles. The zero-order valence-electron chi connectivity index (χ0n) is 13.3. The van der Waals surface area contributed by atoms with Crippen molar-refractivity contribution in [3.8, 4) is 11.1 Å². The van der Waals surface area contributed by atoms with Gasteiger partial charge in [-0.05, 0) is 12.5 Å². The minimum Gasteiger partial charge on any atom is -0.361 e.